The first-order valence-corrected chi connectivity index (χ1v) is 40.6. The van der Waals surface area contributed by atoms with Gasteiger partial charge in [-0.2, -0.15) is 0 Å². The van der Waals surface area contributed by atoms with Crippen LogP contribution in [0.5, 0.6) is 0 Å². The molecular formula is C99H108F6N12O6. The lowest BCUT2D eigenvalue weighted by Crippen LogP contribution is -2.44. The number of nitrogens with zero attached hydrogens (tertiary/aromatic N) is 9. The van der Waals surface area contributed by atoms with E-state index in [0.717, 1.165) is 79.2 Å². The van der Waals surface area contributed by atoms with Crippen LogP contribution in [0.4, 0.5) is 43.4 Å². The number of benzene rings is 9. The fourth-order valence-corrected chi connectivity index (χ4v) is 16.0. The van der Waals surface area contributed by atoms with Gasteiger partial charge >= 0.3 is 0 Å². The van der Waals surface area contributed by atoms with Crippen molar-refractivity contribution in [3.63, 3.8) is 0 Å². The quantitative estimate of drug-likeness (QED) is 0.0696. The molecule has 24 heteroatoms. The third kappa shape index (κ3) is 22.2. The third-order valence-electron chi connectivity index (χ3n) is 22.4. The molecule has 6 fully saturated rings. The predicted molar refractivity (Wildman–Crippen MR) is 470 cm³/mol. The molecule has 0 saturated carbocycles. The summed E-state index contributed by atoms with van der Waals surface area (Å²) in [5, 5.41) is 8.47. The van der Waals surface area contributed by atoms with Crippen molar-refractivity contribution in [2.45, 2.75) is 96.5 Å². The van der Waals surface area contributed by atoms with E-state index < -0.39 is 137 Å². The second-order valence-corrected chi connectivity index (χ2v) is 31.1. The van der Waals surface area contributed by atoms with Gasteiger partial charge in [-0.1, -0.05) is 36.4 Å². The predicted octanol–water partition coefficient (Wildman–Crippen LogP) is 14.9. The van der Waals surface area contributed by atoms with Crippen LogP contribution in [0, 0.1) is 52.7 Å². The molecule has 123 heavy (non-hydrogen) atoms. The normalized spacial score (nSPS) is 25.0. The van der Waals surface area contributed by atoms with E-state index in [1.54, 1.807) is 36.4 Å². The second-order valence-electron chi connectivity index (χ2n) is 31.1. The molecule has 9 aromatic rings. The summed E-state index contributed by atoms with van der Waals surface area (Å²) >= 11 is 0. The molecule has 0 aliphatic carbocycles. The van der Waals surface area contributed by atoms with Gasteiger partial charge in [0.1, 0.15) is 52.4 Å². The van der Waals surface area contributed by atoms with Gasteiger partial charge in [0.05, 0.1) is 30.6 Å². The molecule has 3 N–H and O–H groups in total. The third-order valence-corrected chi connectivity index (χ3v) is 22.4. The number of rotatable bonds is 18. The Hall–Kier alpha value is -10.9. The van der Waals surface area contributed by atoms with Crippen molar-refractivity contribution in [3.05, 3.63) is 299 Å². The van der Waals surface area contributed by atoms with Gasteiger partial charge in [0.25, 0.3) is 17.7 Å². The number of aliphatic imine (C=N–C) groups is 3. The first-order chi connectivity index (χ1) is 70.5. The molecule has 642 valence electrons. The highest BCUT2D eigenvalue weighted by atomic mass is 19.2. The number of ether oxygens (including phenoxy) is 3. The summed E-state index contributed by atoms with van der Waals surface area (Å²) in [6, 6.07) is 34.9. The molecule has 0 radical (unpaired) electrons. The summed E-state index contributed by atoms with van der Waals surface area (Å²) in [6.07, 6.45) is -1.35. The molecule has 0 unspecified atom stereocenters. The number of piperazine rings is 3. The molecule has 0 aromatic heterocycles. The number of amides is 3. The van der Waals surface area contributed by atoms with Crippen molar-refractivity contribution >= 4 is 52.3 Å². The summed E-state index contributed by atoms with van der Waals surface area (Å²) < 4.78 is 336. The van der Waals surface area contributed by atoms with Crippen molar-refractivity contribution in [2.75, 3.05) is 153 Å². The van der Waals surface area contributed by atoms with Gasteiger partial charge < -0.3 is 59.6 Å². The fraction of sp³-hybridized carbons (Fsp3) is 0.394. The first kappa shape index (κ1) is 57.6. The maximum absolute atomic E-state index is 14.0. The van der Waals surface area contributed by atoms with Crippen LogP contribution in [0.25, 0.3) is 0 Å². The minimum Gasteiger partial charge on any atom is -0.381 e. The minimum absolute atomic E-state index is 0.0404. The fourth-order valence-electron chi connectivity index (χ4n) is 16.0. The van der Waals surface area contributed by atoms with Gasteiger partial charge in [0.2, 0.25) is 0 Å². The molecule has 9 aromatic carbocycles. The van der Waals surface area contributed by atoms with Crippen LogP contribution in [0.3, 0.4) is 0 Å². The van der Waals surface area contributed by atoms with E-state index in [1.165, 1.54) is 59.5 Å². The number of anilines is 3. The van der Waals surface area contributed by atoms with Crippen LogP contribution < -0.4 is 30.7 Å². The smallest absolute Gasteiger partial charge is 0.257 e. The van der Waals surface area contributed by atoms with Crippen molar-refractivity contribution in [1.82, 2.24) is 30.7 Å². The number of hydrogen-bond donors (Lipinski definition) is 3. The van der Waals surface area contributed by atoms with Crippen molar-refractivity contribution in [3.8, 4) is 0 Å². The van der Waals surface area contributed by atoms with E-state index in [-0.39, 0.29) is 115 Å². The van der Waals surface area contributed by atoms with Crippen LogP contribution in [-0.2, 0) is 72.2 Å². The summed E-state index contributed by atoms with van der Waals surface area (Å²) in [5.41, 5.74) is 5.81. The first-order valence-electron chi connectivity index (χ1n) is 54.6. The highest BCUT2D eigenvalue weighted by molar-refractivity contribution is 6.16. The average molecular weight is 1700 g/mol. The Bertz CT molecular complexity index is 6700. The maximum atomic E-state index is 14.0. The Labute approximate surface area is 755 Å². The molecule has 9 aliphatic heterocycles. The number of nitrogens with one attached hydrogen (secondary N) is 3. The van der Waals surface area contributed by atoms with Gasteiger partial charge in [-0.05, 0) is 292 Å². The summed E-state index contributed by atoms with van der Waals surface area (Å²) in [7, 11) is 0.985. The number of likely N-dealkylation sites (N-methyl/N-ethyl adjacent to an activating group) is 3. The lowest BCUT2D eigenvalue weighted by Gasteiger charge is -2.34. The molecule has 9 aliphatic rings. The van der Waals surface area contributed by atoms with Gasteiger partial charge in [0.15, 0.2) is 0 Å². The lowest BCUT2D eigenvalue weighted by molar-refractivity contribution is 0.0663. The Kier molecular flexibility index (Phi) is 18.6. The van der Waals surface area contributed by atoms with E-state index in [4.69, 9.17) is 52.6 Å². The van der Waals surface area contributed by atoms with Crippen molar-refractivity contribution in [1.29, 1.82) is 0 Å². The van der Waals surface area contributed by atoms with E-state index in [2.05, 4.69) is 35.8 Å². The van der Waals surface area contributed by atoms with Gasteiger partial charge in [-0.25, -0.2) is 26.3 Å². The van der Waals surface area contributed by atoms with E-state index in [9.17, 15) is 40.7 Å². The molecule has 3 amide bonds. The highest BCUT2D eigenvalue weighted by Crippen LogP contribution is 2.34. The number of hydrogen-bond acceptors (Lipinski definition) is 15. The standard InChI is InChI=1S/3C33H36F2N4O2/c3*1-38-8-10-39(11-9-38)29-4-5-30(26(19-29)15-22-6-12-41-13-7-22)33(40)37-32-31-18-23(2-3-25(31)21-36-32)14-24-16-27(34)20-28(35)17-24/h3*2-5,16-20,22H,6-15,21H2,1H3,(H,36,37,40)/i1D3,8D2,9D2,10D2,11D2,14D2;8D2,9D2,10D2,11D2,14D2;1D3,14D2. The minimum atomic E-state index is -3.59. The van der Waals surface area contributed by atoms with Crippen molar-refractivity contribution in [2.24, 2.45) is 32.7 Å². The molecule has 0 spiro atoms. The van der Waals surface area contributed by atoms with Crippen LogP contribution in [0.15, 0.2) is 179 Å². The number of carbonyl (C=O) groups is 3. The zero-order chi connectivity index (χ0) is 110. The van der Waals surface area contributed by atoms with Gasteiger partial charge in [-0.15, -0.1) is 0 Å². The molecule has 18 nitrogen and oxygen atoms in total. The highest BCUT2D eigenvalue weighted by Gasteiger charge is 2.31. The van der Waals surface area contributed by atoms with E-state index in [1.807, 2.05) is 12.1 Å². The number of fused-ring (bicyclic) bond motifs is 3. The second kappa shape index (κ2) is 39.8. The number of halogens is 6. The average Bonchev–Trinajstić information content (AvgIpc) is 1.66. The molecule has 9 heterocycles. The van der Waals surface area contributed by atoms with E-state index >= 15 is 0 Å². The Morgan fingerprint density at radius 1 is 0.366 bits per heavy atom. The van der Waals surface area contributed by atoms with Gasteiger partial charge in [0, 0.05) is 214 Å². The maximum Gasteiger partial charge on any atom is 0.257 e. The van der Waals surface area contributed by atoms with Crippen LogP contribution in [0.1, 0.15) is 191 Å². The molecule has 0 bridgehead atoms. The summed E-state index contributed by atoms with van der Waals surface area (Å²) in [4.78, 5) is 59.6. The number of amidine groups is 3. The SMILES string of the molecule is [2H]C([2H])(c1cc(F)cc(F)c1)c1ccc2c(c1)C(NC(=O)c1ccc(N3C([2H])([2H])C([2H])([2H])N(C([2H])([2H])[2H])C([2H])([2H])C3([2H])[2H])cc1CC1CCOCC1)=NC2.[2H]C([2H])(c1cc(F)cc(F)c1)c1ccc2c(c1)C(NC(=O)c1ccc(N3C([2H])([2H])C([2H])([2H])N(C)C([2H])([2H])C3([2H])[2H])cc1CC1CCOCC1)=NC2.[2H]C([2H])(c1cc(F)cc(F)c1)c1ccc2c(c1)C(NC(=O)c1ccc(N3CCN(C([2H])([2H])[2H])CC3)cc1CC1CCOCC1)=NC2. The molecular weight excluding hydrogens is 1570 g/mol. The zero-order valence-corrected chi connectivity index (χ0v) is 67.1. The van der Waals surface area contributed by atoms with Crippen LogP contribution in [0.2, 0.25) is 0 Å². The molecule has 6 saturated heterocycles. The molecule has 18 rings (SSSR count). The summed E-state index contributed by atoms with van der Waals surface area (Å²) in [6.45, 7) is -26.1. The Balaban J connectivity index is 0.000000162. The van der Waals surface area contributed by atoms with Crippen molar-refractivity contribution < 1.29 is 93.3 Å². The van der Waals surface area contributed by atoms with Gasteiger partial charge in [-0.3, -0.25) is 29.4 Å². The number of carbonyl (C=O) groups excluding carboxylic acids is 3. The zero-order valence-electron chi connectivity index (χ0n) is 95.1. The largest absolute Gasteiger partial charge is 0.381 e. The van der Waals surface area contributed by atoms with Crippen LogP contribution >= 0.6 is 0 Å². The monoisotopic (exact) mass is 1700 g/mol. The van der Waals surface area contributed by atoms with Crippen LogP contribution in [-0.4, -0.2) is 189 Å². The Morgan fingerprint density at radius 3 is 0.976 bits per heavy atom. The summed E-state index contributed by atoms with van der Waals surface area (Å²) in [5.74, 6) is -6.26. The molecule has 0 atom stereocenters. The Morgan fingerprint density at radius 2 is 0.667 bits per heavy atom. The van der Waals surface area contributed by atoms with E-state index in [0.29, 0.717) is 190 Å². The topological polar surface area (TPSA) is 172 Å². The lowest BCUT2D eigenvalue weighted by atomic mass is 9.89.